The molecule has 33 heavy (non-hydrogen) atoms. The number of nitrogens with zero attached hydrogens (tertiary/aromatic N) is 5. The lowest BCUT2D eigenvalue weighted by atomic mass is 9.84. The highest BCUT2D eigenvalue weighted by Gasteiger charge is 2.32. The smallest absolute Gasteiger partial charge is 0.226 e. The molecule has 1 amide bonds. The number of carbonyl (C=O) groups excluding carboxylic acids is 1. The van der Waals surface area contributed by atoms with E-state index in [2.05, 4.69) is 38.9 Å². The number of terminal acetylenes is 1. The van der Waals surface area contributed by atoms with Crippen LogP contribution in [0.2, 0.25) is 0 Å². The normalized spacial score (nSPS) is 20.6. The van der Waals surface area contributed by atoms with E-state index in [1.165, 1.54) is 11.9 Å². The van der Waals surface area contributed by atoms with Crippen LogP contribution in [0.15, 0.2) is 30.9 Å². The van der Waals surface area contributed by atoms with Gasteiger partial charge in [0, 0.05) is 47.6 Å². The van der Waals surface area contributed by atoms with Gasteiger partial charge in [0.1, 0.15) is 17.5 Å². The van der Waals surface area contributed by atoms with Gasteiger partial charge in [-0.1, -0.05) is 12.0 Å². The molecule has 1 saturated heterocycles. The van der Waals surface area contributed by atoms with Gasteiger partial charge in [0.25, 0.3) is 0 Å². The summed E-state index contributed by atoms with van der Waals surface area (Å²) in [5.74, 6) is 3.36. The third kappa shape index (κ3) is 3.66. The molecule has 0 saturated carbocycles. The van der Waals surface area contributed by atoms with Crippen molar-refractivity contribution >= 4 is 22.8 Å². The van der Waals surface area contributed by atoms with Gasteiger partial charge in [-0.2, -0.15) is 5.10 Å². The van der Waals surface area contributed by atoms with Gasteiger partial charge in [-0.15, -0.1) is 6.42 Å². The quantitative estimate of drug-likeness (QED) is 0.625. The van der Waals surface area contributed by atoms with Gasteiger partial charge in [-0.3, -0.25) is 4.79 Å². The molecule has 0 radical (unpaired) electrons. The lowest BCUT2D eigenvalue weighted by Crippen LogP contribution is -2.38. The van der Waals surface area contributed by atoms with Crippen LogP contribution in [0.5, 0.6) is 0 Å². The van der Waals surface area contributed by atoms with Crippen molar-refractivity contribution in [3.8, 4) is 23.5 Å². The fourth-order valence-electron chi connectivity index (χ4n) is 5.26. The van der Waals surface area contributed by atoms with Crippen molar-refractivity contribution < 1.29 is 4.79 Å². The molecule has 5 rings (SSSR count). The minimum atomic E-state index is 0.0403. The molecule has 2 N–H and O–H groups in total. The van der Waals surface area contributed by atoms with Gasteiger partial charge < -0.3 is 10.6 Å². The monoisotopic (exact) mass is 440 g/mol. The van der Waals surface area contributed by atoms with Crippen LogP contribution in [-0.4, -0.2) is 43.0 Å². The zero-order chi connectivity index (χ0) is 23.1. The highest BCUT2D eigenvalue weighted by Crippen LogP contribution is 2.41. The van der Waals surface area contributed by atoms with Crippen molar-refractivity contribution in [2.75, 3.05) is 12.3 Å². The fraction of sp³-hybridized carbons (Fsp3) is 0.385. The molecule has 0 spiro atoms. The summed E-state index contributed by atoms with van der Waals surface area (Å²) in [5, 5.41) is 4.40. The van der Waals surface area contributed by atoms with Gasteiger partial charge in [0.05, 0.1) is 0 Å². The topological polar surface area (TPSA) is 89.4 Å². The van der Waals surface area contributed by atoms with E-state index in [4.69, 9.17) is 12.2 Å². The van der Waals surface area contributed by atoms with Crippen LogP contribution in [0.1, 0.15) is 55.8 Å². The Balaban J connectivity index is 1.56. The van der Waals surface area contributed by atoms with Gasteiger partial charge in [-0.05, 0) is 63.2 Å². The maximum Gasteiger partial charge on any atom is 0.226 e. The zero-order valence-electron chi connectivity index (χ0n) is 19.1. The highest BCUT2D eigenvalue weighted by molar-refractivity contribution is 5.95. The van der Waals surface area contributed by atoms with Crippen LogP contribution >= 0.6 is 0 Å². The Kier molecular flexibility index (Phi) is 5.37. The minimum Gasteiger partial charge on any atom is -0.382 e. The highest BCUT2D eigenvalue weighted by atomic mass is 16.2. The molecule has 3 aromatic heterocycles. The van der Waals surface area contributed by atoms with Crippen LogP contribution in [0.25, 0.3) is 22.2 Å². The first-order chi connectivity index (χ1) is 16.0. The van der Waals surface area contributed by atoms with E-state index >= 15 is 0 Å². The number of fused-ring (bicyclic) bond motifs is 1. The summed E-state index contributed by atoms with van der Waals surface area (Å²) in [4.78, 5) is 23.8. The molecule has 7 nitrogen and oxygen atoms in total. The first kappa shape index (κ1) is 21.2. The Morgan fingerprint density at radius 2 is 2.12 bits per heavy atom. The Morgan fingerprint density at radius 3 is 2.79 bits per heavy atom. The summed E-state index contributed by atoms with van der Waals surface area (Å²) >= 11 is 0. The number of aromatic nitrogens is 4. The van der Waals surface area contributed by atoms with Gasteiger partial charge in [-0.25, -0.2) is 14.5 Å². The average Bonchev–Trinajstić information content (AvgIpc) is 3.43. The lowest BCUT2D eigenvalue weighted by Gasteiger charge is -2.29. The molecule has 1 aliphatic heterocycles. The Bertz CT molecular complexity index is 1310. The number of anilines is 1. The molecule has 1 aliphatic carbocycles. The number of nitrogens with two attached hydrogens (primary N) is 1. The number of carbonyl (C=O) groups is 1. The van der Waals surface area contributed by atoms with Crippen molar-refractivity contribution in [2.24, 2.45) is 5.92 Å². The molecule has 7 heteroatoms. The summed E-state index contributed by atoms with van der Waals surface area (Å²) in [6.45, 7) is 5.06. The SMILES string of the molecule is C#Cc1cc(C)c(-c2cn3ncnc(N)c3c2C2=CC[C@H](C(=O)N3CCC[C@H]3C)CC2)cn1. The standard InChI is InChI=1S/C26H28N6O/c1-4-20-12-16(2)21(13-28-20)22-14-32-24(25(27)29-15-30-32)23(22)18-7-9-19(10-8-18)26(33)31-11-5-6-17(31)3/h1,7,12-15,17,19H,5-6,8-11H2,2-3H3,(H2,27,29,30)/t17-,19+/m1/s1. The predicted octanol–water partition coefficient (Wildman–Crippen LogP) is 3.86. The van der Waals surface area contributed by atoms with Crippen molar-refractivity contribution in [3.63, 3.8) is 0 Å². The Morgan fingerprint density at radius 1 is 1.27 bits per heavy atom. The largest absolute Gasteiger partial charge is 0.382 e. The van der Waals surface area contributed by atoms with E-state index in [1.807, 2.05) is 25.4 Å². The summed E-state index contributed by atoms with van der Waals surface area (Å²) < 4.78 is 1.78. The Hall–Kier alpha value is -3.66. The van der Waals surface area contributed by atoms with Crippen LogP contribution < -0.4 is 5.73 Å². The molecule has 0 unspecified atom stereocenters. The van der Waals surface area contributed by atoms with E-state index in [9.17, 15) is 4.79 Å². The third-order valence-electron chi connectivity index (χ3n) is 7.07. The third-order valence-corrected chi connectivity index (χ3v) is 7.07. The number of likely N-dealkylation sites (tertiary alicyclic amines) is 1. The number of nitrogen functional groups attached to an aromatic ring is 1. The first-order valence-electron chi connectivity index (χ1n) is 11.5. The Labute approximate surface area is 193 Å². The first-order valence-corrected chi connectivity index (χ1v) is 11.5. The number of allylic oxidation sites excluding steroid dienone is 2. The number of amides is 1. The van der Waals surface area contributed by atoms with Crippen LogP contribution in [0.4, 0.5) is 5.82 Å². The van der Waals surface area contributed by atoms with E-state index in [0.717, 1.165) is 66.4 Å². The molecule has 4 heterocycles. The number of rotatable bonds is 3. The summed E-state index contributed by atoms with van der Waals surface area (Å²) in [5.41, 5.74) is 12.9. The molecule has 0 aromatic carbocycles. The molecule has 0 bridgehead atoms. The zero-order valence-corrected chi connectivity index (χ0v) is 19.1. The van der Waals surface area contributed by atoms with E-state index < -0.39 is 0 Å². The summed E-state index contributed by atoms with van der Waals surface area (Å²) in [6.07, 6.45) is 17.6. The van der Waals surface area contributed by atoms with Crippen LogP contribution in [0, 0.1) is 25.2 Å². The maximum atomic E-state index is 13.1. The molecule has 168 valence electrons. The van der Waals surface area contributed by atoms with Gasteiger partial charge in [0.15, 0.2) is 5.82 Å². The van der Waals surface area contributed by atoms with Gasteiger partial charge >= 0.3 is 0 Å². The average molecular weight is 441 g/mol. The molecule has 2 aliphatic rings. The van der Waals surface area contributed by atoms with E-state index in [1.54, 1.807) is 4.52 Å². The number of hydrogen-bond donors (Lipinski definition) is 1. The number of hydrogen-bond acceptors (Lipinski definition) is 5. The maximum absolute atomic E-state index is 13.1. The van der Waals surface area contributed by atoms with Crippen molar-refractivity contribution in [1.29, 1.82) is 0 Å². The summed E-state index contributed by atoms with van der Waals surface area (Å²) in [6, 6.07) is 2.26. The second kappa shape index (κ2) is 8.36. The number of aryl methyl sites for hydroxylation is 1. The summed E-state index contributed by atoms with van der Waals surface area (Å²) in [7, 11) is 0. The van der Waals surface area contributed by atoms with E-state index in [0.29, 0.717) is 23.5 Å². The van der Waals surface area contributed by atoms with E-state index in [-0.39, 0.29) is 5.92 Å². The fourth-order valence-corrected chi connectivity index (χ4v) is 5.26. The predicted molar refractivity (Wildman–Crippen MR) is 129 cm³/mol. The van der Waals surface area contributed by atoms with Crippen molar-refractivity contribution in [1.82, 2.24) is 24.5 Å². The van der Waals surface area contributed by atoms with Crippen LogP contribution in [0.3, 0.4) is 0 Å². The second-order valence-electron chi connectivity index (χ2n) is 9.11. The minimum absolute atomic E-state index is 0.0403. The molecule has 1 fully saturated rings. The number of pyridine rings is 1. The molecule has 2 atom stereocenters. The second-order valence-corrected chi connectivity index (χ2v) is 9.11. The van der Waals surface area contributed by atoms with Gasteiger partial charge in [0.2, 0.25) is 5.91 Å². The lowest BCUT2D eigenvalue weighted by molar-refractivity contribution is -0.136. The molecular weight excluding hydrogens is 412 g/mol. The van der Waals surface area contributed by atoms with Crippen LogP contribution in [-0.2, 0) is 4.79 Å². The van der Waals surface area contributed by atoms with Crippen molar-refractivity contribution in [3.05, 3.63) is 47.7 Å². The van der Waals surface area contributed by atoms with Crippen molar-refractivity contribution in [2.45, 2.75) is 52.0 Å². The molecule has 3 aromatic rings. The molecular formula is C26H28N6O.